The summed E-state index contributed by atoms with van der Waals surface area (Å²) in [6, 6.07) is 5.54. The minimum atomic E-state index is -0.0592. The van der Waals surface area contributed by atoms with Crippen LogP contribution in [-0.2, 0) is 18.5 Å². The van der Waals surface area contributed by atoms with Crippen molar-refractivity contribution >= 4 is 17.6 Å². The lowest BCUT2D eigenvalue weighted by molar-refractivity contribution is 0.379. The molecule has 2 N–H and O–H groups in total. The van der Waals surface area contributed by atoms with Gasteiger partial charge < -0.3 is 19.8 Å². The maximum absolute atomic E-state index is 5.98. The molecule has 0 radical (unpaired) electrons. The third-order valence-electron chi connectivity index (χ3n) is 3.62. The highest BCUT2D eigenvalue weighted by Crippen LogP contribution is 2.23. The lowest BCUT2D eigenvalue weighted by atomic mass is 9.94. The molecule has 2 aromatic rings. The molecule has 0 saturated carbocycles. The second-order valence-electron chi connectivity index (χ2n) is 6.60. The van der Waals surface area contributed by atoms with Crippen LogP contribution < -0.4 is 15.4 Å². The Bertz CT molecular complexity index is 735. The number of methoxy groups -OCH3 is 1. The van der Waals surface area contributed by atoms with Gasteiger partial charge in [0.25, 0.3) is 0 Å². The Labute approximate surface area is 153 Å². The molecular formula is C18H25ClN4O2. The Balaban J connectivity index is 1.92. The summed E-state index contributed by atoms with van der Waals surface area (Å²) in [6.45, 7) is 7.27. The van der Waals surface area contributed by atoms with E-state index in [9.17, 15) is 0 Å². The number of benzene rings is 1. The SMILES string of the molecule is CN=C(NCc1ncc(C(C)(C)C)o1)NCc1ccc(Cl)cc1OC. The van der Waals surface area contributed by atoms with Gasteiger partial charge in [0.15, 0.2) is 5.96 Å². The number of hydrogen-bond donors (Lipinski definition) is 2. The Morgan fingerprint density at radius 3 is 2.60 bits per heavy atom. The molecule has 0 unspecified atom stereocenters. The molecule has 0 aliphatic carbocycles. The Morgan fingerprint density at radius 1 is 1.28 bits per heavy atom. The number of nitrogens with one attached hydrogen (secondary N) is 2. The minimum Gasteiger partial charge on any atom is -0.496 e. The van der Waals surface area contributed by atoms with Crippen LogP contribution in [0.15, 0.2) is 33.8 Å². The summed E-state index contributed by atoms with van der Waals surface area (Å²) in [6.07, 6.45) is 1.77. The first kappa shape index (κ1) is 19.1. The van der Waals surface area contributed by atoms with Crippen LogP contribution in [0.2, 0.25) is 5.02 Å². The van der Waals surface area contributed by atoms with Crippen LogP contribution in [0.3, 0.4) is 0 Å². The van der Waals surface area contributed by atoms with Crippen LogP contribution in [0, 0.1) is 0 Å². The number of nitrogens with zero attached hydrogens (tertiary/aromatic N) is 2. The van der Waals surface area contributed by atoms with E-state index in [2.05, 4.69) is 41.4 Å². The molecule has 0 atom stereocenters. The van der Waals surface area contributed by atoms with E-state index in [4.69, 9.17) is 20.8 Å². The average molecular weight is 365 g/mol. The van der Waals surface area contributed by atoms with Crippen LogP contribution in [0.1, 0.15) is 38.0 Å². The van der Waals surface area contributed by atoms with Gasteiger partial charge in [-0.05, 0) is 12.1 Å². The average Bonchev–Trinajstić information content (AvgIpc) is 3.05. The molecule has 0 saturated heterocycles. The van der Waals surface area contributed by atoms with Gasteiger partial charge in [0.2, 0.25) is 5.89 Å². The fraction of sp³-hybridized carbons (Fsp3) is 0.444. The van der Waals surface area contributed by atoms with E-state index in [1.165, 1.54) is 0 Å². The zero-order chi connectivity index (χ0) is 18.4. The number of halogens is 1. The number of hydrogen-bond acceptors (Lipinski definition) is 4. The Hall–Kier alpha value is -2.21. The predicted octanol–water partition coefficient (Wildman–Crippen LogP) is 3.50. The Kier molecular flexibility index (Phi) is 6.31. The lowest BCUT2D eigenvalue weighted by Crippen LogP contribution is -2.36. The van der Waals surface area contributed by atoms with Crippen molar-refractivity contribution in [3.63, 3.8) is 0 Å². The summed E-state index contributed by atoms with van der Waals surface area (Å²) < 4.78 is 11.1. The van der Waals surface area contributed by atoms with E-state index in [0.29, 0.717) is 30.0 Å². The first-order chi connectivity index (χ1) is 11.8. The summed E-state index contributed by atoms with van der Waals surface area (Å²) in [5.41, 5.74) is 0.928. The normalized spacial score (nSPS) is 12.2. The third-order valence-corrected chi connectivity index (χ3v) is 3.85. The second kappa shape index (κ2) is 8.25. The molecule has 0 fully saturated rings. The molecule has 0 amide bonds. The smallest absolute Gasteiger partial charge is 0.213 e. The van der Waals surface area contributed by atoms with Crippen molar-refractivity contribution in [1.82, 2.24) is 15.6 Å². The highest BCUT2D eigenvalue weighted by molar-refractivity contribution is 6.30. The quantitative estimate of drug-likeness (QED) is 0.627. The van der Waals surface area contributed by atoms with Crippen molar-refractivity contribution in [1.29, 1.82) is 0 Å². The van der Waals surface area contributed by atoms with Crippen LogP contribution in [0.4, 0.5) is 0 Å². The number of oxazole rings is 1. The molecule has 0 aliphatic rings. The molecule has 0 aliphatic heterocycles. The van der Waals surface area contributed by atoms with E-state index in [1.807, 2.05) is 12.1 Å². The van der Waals surface area contributed by atoms with E-state index in [0.717, 1.165) is 17.1 Å². The number of ether oxygens (including phenoxy) is 1. The van der Waals surface area contributed by atoms with Crippen molar-refractivity contribution in [3.8, 4) is 5.75 Å². The van der Waals surface area contributed by atoms with Gasteiger partial charge in [0, 0.05) is 29.6 Å². The molecule has 6 nitrogen and oxygen atoms in total. The molecular weight excluding hydrogens is 340 g/mol. The molecule has 1 aromatic carbocycles. The zero-order valence-electron chi connectivity index (χ0n) is 15.3. The number of aromatic nitrogens is 1. The van der Waals surface area contributed by atoms with Gasteiger partial charge >= 0.3 is 0 Å². The van der Waals surface area contributed by atoms with E-state index in [1.54, 1.807) is 26.4 Å². The molecule has 7 heteroatoms. The van der Waals surface area contributed by atoms with Crippen molar-refractivity contribution in [2.24, 2.45) is 4.99 Å². The molecule has 25 heavy (non-hydrogen) atoms. The van der Waals surface area contributed by atoms with Gasteiger partial charge in [-0.3, -0.25) is 4.99 Å². The van der Waals surface area contributed by atoms with Crippen molar-refractivity contribution in [3.05, 3.63) is 46.6 Å². The summed E-state index contributed by atoms with van der Waals surface area (Å²) in [4.78, 5) is 8.50. The maximum atomic E-state index is 5.98. The largest absolute Gasteiger partial charge is 0.496 e. The van der Waals surface area contributed by atoms with Crippen molar-refractivity contribution < 1.29 is 9.15 Å². The maximum Gasteiger partial charge on any atom is 0.213 e. The fourth-order valence-corrected chi connectivity index (χ4v) is 2.32. The van der Waals surface area contributed by atoms with Crippen LogP contribution in [-0.4, -0.2) is 25.1 Å². The Morgan fingerprint density at radius 2 is 2.00 bits per heavy atom. The topological polar surface area (TPSA) is 71.7 Å². The highest BCUT2D eigenvalue weighted by atomic mass is 35.5. The number of guanidine groups is 1. The standard InChI is InChI=1S/C18H25ClN4O2/c1-18(2,3)15-10-21-16(25-15)11-23-17(20-4)22-9-12-6-7-13(19)8-14(12)24-5/h6-8,10H,9,11H2,1-5H3,(H2,20,22,23). The van der Waals surface area contributed by atoms with Gasteiger partial charge in [-0.1, -0.05) is 38.4 Å². The molecule has 1 heterocycles. The summed E-state index contributed by atoms with van der Waals surface area (Å²) >= 11 is 5.98. The fourth-order valence-electron chi connectivity index (χ4n) is 2.16. The lowest BCUT2D eigenvalue weighted by Gasteiger charge is -2.14. The van der Waals surface area contributed by atoms with Crippen LogP contribution in [0.25, 0.3) is 0 Å². The van der Waals surface area contributed by atoms with Gasteiger partial charge in [0.05, 0.1) is 19.9 Å². The highest BCUT2D eigenvalue weighted by Gasteiger charge is 2.19. The van der Waals surface area contributed by atoms with Crippen molar-refractivity contribution in [2.45, 2.75) is 39.3 Å². The van der Waals surface area contributed by atoms with Gasteiger partial charge in [0.1, 0.15) is 11.5 Å². The zero-order valence-corrected chi connectivity index (χ0v) is 16.1. The third kappa shape index (κ3) is 5.39. The number of rotatable bonds is 5. The summed E-state index contributed by atoms with van der Waals surface area (Å²) in [5.74, 6) is 2.86. The van der Waals surface area contributed by atoms with Gasteiger partial charge in [-0.25, -0.2) is 4.98 Å². The van der Waals surface area contributed by atoms with E-state index < -0.39 is 0 Å². The van der Waals surface area contributed by atoms with Gasteiger partial charge in [-0.15, -0.1) is 0 Å². The predicted molar refractivity (Wildman–Crippen MR) is 100 cm³/mol. The minimum absolute atomic E-state index is 0.0592. The van der Waals surface area contributed by atoms with Crippen LogP contribution in [0.5, 0.6) is 5.75 Å². The van der Waals surface area contributed by atoms with Crippen LogP contribution >= 0.6 is 11.6 Å². The van der Waals surface area contributed by atoms with Gasteiger partial charge in [-0.2, -0.15) is 0 Å². The molecule has 0 bridgehead atoms. The molecule has 0 spiro atoms. The van der Waals surface area contributed by atoms with Crippen molar-refractivity contribution in [2.75, 3.05) is 14.2 Å². The summed E-state index contributed by atoms with van der Waals surface area (Å²) in [7, 11) is 3.34. The van der Waals surface area contributed by atoms with E-state index >= 15 is 0 Å². The first-order valence-corrected chi connectivity index (χ1v) is 8.43. The molecule has 2 rings (SSSR count). The van der Waals surface area contributed by atoms with E-state index in [-0.39, 0.29) is 5.41 Å². The molecule has 1 aromatic heterocycles. The monoisotopic (exact) mass is 364 g/mol. The second-order valence-corrected chi connectivity index (χ2v) is 7.04. The molecule has 136 valence electrons. The summed E-state index contributed by atoms with van der Waals surface area (Å²) in [5, 5.41) is 7.06. The first-order valence-electron chi connectivity index (χ1n) is 8.05. The number of aliphatic imine (C=N–C) groups is 1.